The zero-order valence-corrected chi connectivity index (χ0v) is 14.6. The number of benzene rings is 1. The quantitative estimate of drug-likeness (QED) is 0.854. The number of hydrogen-bond donors (Lipinski definition) is 0. The van der Waals surface area contributed by atoms with Crippen molar-refractivity contribution in [3.05, 3.63) is 53.5 Å². The van der Waals surface area contributed by atoms with Crippen LogP contribution in [-0.2, 0) is 10.0 Å². The minimum Gasteiger partial charge on any atom is -0.354 e. The van der Waals surface area contributed by atoms with Gasteiger partial charge in [0.25, 0.3) is 0 Å². The fourth-order valence-electron chi connectivity index (χ4n) is 2.85. The molecule has 5 nitrogen and oxygen atoms in total. The normalized spacial score (nSPS) is 16.4. The highest BCUT2D eigenvalue weighted by Crippen LogP contribution is 2.23. The molecule has 1 saturated heterocycles. The monoisotopic (exact) mass is 349 g/mol. The molecule has 0 unspecified atom stereocenters. The molecule has 24 heavy (non-hydrogen) atoms. The van der Waals surface area contributed by atoms with Gasteiger partial charge in [0.1, 0.15) is 11.6 Å². The van der Waals surface area contributed by atoms with Crippen LogP contribution in [0.3, 0.4) is 0 Å². The van der Waals surface area contributed by atoms with Gasteiger partial charge < -0.3 is 4.90 Å². The van der Waals surface area contributed by atoms with E-state index in [4.69, 9.17) is 0 Å². The Morgan fingerprint density at radius 1 is 1.04 bits per heavy atom. The maximum atomic E-state index is 13.5. The molecular formula is C17H20FN3O2S. The molecule has 0 atom stereocenters. The summed E-state index contributed by atoms with van der Waals surface area (Å²) < 4.78 is 40.4. The van der Waals surface area contributed by atoms with E-state index in [1.165, 1.54) is 16.4 Å². The molecule has 2 heterocycles. The molecule has 1 fully saturated rings. The van der Waals surface area contributed by atoms with Crippen molar-refractivity contribution in [1.29, 1.82) is 0 Å². The highest BCUT2D eigenvalue weighted by atomic mass is 32.2. The fourth-order valence-corrected chi connectivity index (χ4v) is 4.51. The van der Waals surface area contributed by atoms with Crippen LogP contribution in [0, 0.1) is 19.7 Å². The molecule has 0 amide bonds. The Morgan fingerprint density at radius 3 is 2.42 bits per heavy atom. The van der Waals surface area contributed by atoms with E-state index in [0.717, 1.165) is 17.6 Å². The second-order valence-electron chi connectivity index (χ2n) is 5.94. The third kappa shape index (κ3) is 3.27. The van der Waals surface area contributed by atoms with Gasteiger partial charge in [0, 0.05) is 31.9 Å². The lowest BCUT2D eigenvalue weighted by Crippen LogP contribution is -2.49. The number of piperazine rings is 1. The van der Waals surface area contributed by atoms with Crippen molar-refractivity contribution < 1.29 is 12.8 Å². The smallest absolute Gasteiger partial charge is 0.243 e. The third-order valence-corrected chi connectivity index (χ3v) is 6.24. The number of pyridine rings is 1. The molecule has 1 aromatic heterocycles. The summed E-state index contributed by atoms with van der Waals surface area (Å²) in [4.78, 5) is 6.59. The highest BCUT2D eigenvalue weighted by Gasteiger charge is 2.30. The zero-order chi connectivity index (χ0) is 17.3. The van der Waals surface area contributed by atoms with Gasteiger partial charge in [-0.05, 0) is 43.7 Å². The molecule has 7 heteroatoms. The topological polar surface area (TPSA) is 53.5 Å². The van der Waals surface area contributed by atoms with Crippen LogP contribution in [0.5, 0.6) is 0 Å². The molecule has 0 aliphatic carbocycles. The second kappa shape index (κ2) is 6.49. The van der Waals surface area contributed by atoms with Crippen LogP contribution in [0.25, 0.3) is 0 Å². The molecule has 1 aliphatic heterocycles. The van der Waals surface area contributed by atoms with E-state index in [-0.39, 0.29) is 4.90 Å². The van der Waals surface area contributed by atoms with Crippen LogP contribution in [0.15, 0.2) is 41.3 Å². The Morgan fingerprint density at radius 2 is 1.75 bits per heavy atom. The number of rotatable bonds is 3. The number of sulfonamides is 1. The second-order valence-corrected chi connectivity index (χ2v) is 7.84. The molecule has 3 rings (SSSR count). The van der Waals surface area contributed by atoms with E-state index in [0.29, 0.717) is 31.7 Å². The molecule has 128 valence electrons. The van der Waals surface area contributed by atoms with Gasteiger partial charge in [0.05, 0.1) is 4.90 Å². The largest absolute Gasteiger partial charge is 0.354 e. The molecule has 0 saturated carbocycles. The Kier molecular flexibility index (Phi) is 4.56. The Balaban J connectivity index is 1.77. The minimum atomic E-state index is -3.68. The lowest BCUT2D eigenvalue weighted by Gasteiger charge is -2.35. The molecule has 0 radical (unpaired) electrons. The van der Waals surface area contributed by atoms with Crippen molar-refractivity contribution in [2.75, 3.05) is 31.1 Å². The fraction of sp³-hybridized carbons (Fsp3) is 0.353. The van der Waals surface area contributed by atoms with Crippen molar-refractivity contribution in [1.82, 2.24) is 9.29 Å². The summed E-state index contributed by atoms with van der Waals surface area (Å²) in [7, 11) is -3.68. The van der Waals surface area contributed by atoms with Crippen LogP contribution >= 0.6 is 0 Å². The Hall–Kier alpha value is -1.99. The summed E-state index contributed by atoms with van der Waals surface area (Å²) >= 11 is 0. The first-order chi connectivity index (χ1) is 11.4. The lowest BCUT2D eigenvalue weighted by atomic mass is 10.2. The van der Waals surface area contributed by atoms with E-state index in [1.807, 2.05) is 25.1 Å². The predicted molar refractivity (Wildman–Crippen MR) is 91.1 cm³/mol. The SMILES string of the molecule is Cc1cccc(N2CCN(S(=O)(=O)c3cc(F)ccc3C)CC2)n1. The van der Waals surface area contributed by atoms with E-state index in [2.05, 4.69) is 9.88 Å². The van der Waals surface area contributed by atoms with Crippen LogP contribution < -0.4 is 4.90 Å². The summed E-state index contributed by atoms with van der Waals surface area (Å²) in [6.45, 7) is 5.44. The summed E-state index contributed by atoms with van der Waals surface area (Å²) in [5.74, 6) is 0.316. The van der Waals surface area contributed by atoms with Crippen molar-refractivity contribution in [3.8, 4) is 0 Å². The molecule has 1 aromatic carbocycles. The third-order valence-electron chi connectivity index (χ3n) is 4.20. The molecule has 0 bridgehead atoms. The first-order valence-electron chi connectivity index (χ1n) is 7.83. The molecule has 2 aromatic rings. The predicted octanol–water partition coefficient (Wildman–Crippen LogP) is 2.35. The maximum absolute atomic E-state index is 13.5. The molecule has 0 spiro atoms. The van der Waals surface area contributed by atoms with Gasteiger partial charge in [-0.25, -0.2) is 17.8 Å². The molecule has 0 N–H and O–H groups in total. The van der Waals surface area contributed by atoms with E-state index in [1.54, 1.807) is 6.92 Å². The lowest BCUT2D eigenvalue weighted by molar-refractivity contribution is 0.383. The number of nitrogens with zero attached hydrogens (tertiary/aromatic N) is 3. The van der Waals surface area contributed by atoms with Gasteiger partial charge in [-0.1, -0.05) is 12.1 Å². The number of aryl methyl sites for hydroxylation is 2. The van der Waals surface area contributed by atoms with Gasteiger partial charge >= 0.3 is 0 Å². The van der Waals surface area contributed by atoms with E-state index < -0.39 is 15.8 Å². The van der Waals surface area contributed by atoms with Crippen molar-refractivity contribution in [2.24, 2.45) is 0 Å². The van der Waals surface area contributed by atoms with Gasteiger partial charge in [0.15, 0.2) is 0 Å². The summed E-state index contributed by atoms with van der Waals surface area (Å²) in [6, 6.07) is 9.66. The van der Waals surface area contributed by atoms with E-state index >= 15 is 0 Å². The minimum absolute atomic E-state index is 0.0460. The number of anilines is 1. The van der Waals surface area contributed by atoms with Crippen LogP contribution in [0.2, 0.25) is 0 Å². The number of aromatic nitrogens is 1. The average Bonchev–Trinajstić information content (AvgIpc) is 2.57. The van der Waals surface area contributed by atoms with Crippen molar-refractivity contribution in [2.45, 2.75) is 18.7 Å². The summed E-state index contributed by atoms with van der Waals surface area (Å²) in [5.41, 5.74) is 1.48. The Bertz CT molecular complexity index is 847. The van der Waals surface area contributed by atoms with Crippen molar-refractivity contribution >= 4 is 15.8 Å². The first kappa shape index (κ1) is 16.9. The molecule has 1 aliphatic rings. The van der Waals surface area contributed by atoms with Crippen LogP contribution in [0.1, 0.15) is 11.3 Å². The van der Waals surface area contributed by atoms with Crippen LogP contribution in [-0.4, -0.2) is 43.9 Å². The highest BCUT2D eigenvalue weighted by molar-refractivity contribution is 7.89. The number of halogens is 1. The first-order valence-corrected chi connectivity index (χ1v) is 9.27. The standard InChI is InChI=1S/C17H20FN3O2S/c1-13-6-7-15(18)12-16(13)24(22,23)21-10-8-20(9-11-21)17-5-3-4-14(2)19-17/h3-7,12H,8-11H2,1-2H3. The summed E-state index contributed by atoms with van der Waals surface area (Å²) in [5, 5.41) is 0. The maximum Gasteiger partial charge on any atom is 0.243 e. The van der Waals surface area contributed by atoms with Gasteiger partial charge in [-0.3, -0.25) is 0 Å². The zero-order valence-electron chi connectivity index (χ0n) is 13.7. The van der Waals surface area contributed by atoms with Crippen molar-refractivity contribution in [3.63, 3.8) is 0 Å². The molecular weight excluding hydrogens is 329 g/mol. The number of hydrogen-bond acceptors (Lipinski definition) is 4. The Labute approximate surface area is 141 Å². The summed E-state index contributed by atoms with van der Waals surface area (Å²) in [6.07, 6.45) is 0. The average molecular weight is 349 g/mol. The van der Waals surface area contributed by atoms with Gasteiger partial charge in [-0.2, -0.15) is 4.31 Å². The van der Waals surface area contributed by atoms with Gasteiger partial charge in [0.2, 0.25) is 10.0 Å². The van der Waals surface area contributed by atoms with E-state index in [9.17, 15) is 12.8 Å². The van der Waals surface area contributed by atoms with Crippen LogP contribution in [0.4, 0.5) is 10.2 Å². The van der Waals surface area contributed by atoms with Gasteiger partial charge in [-0.15, -0.1) is 0 Å².